The molecule has 200 valence electrons. The van der Waals surface area contributed by atoms with Gasteiger partial charge >= 0.3 is 15.2 Å². The third kappa shape index (κ3) is 6.18. The molecule has 0 bridgehead atoms. The van der Waals surface area contributed by atoms with Crippen molar-refractivity contribution in [3.63, 3.8) is 0 Å². The van der Waals surface area contributed by atoms with Gasteiger partial charge in [-0.1, -0.05) is 109 Å². The first-order valence-corrected chi connectivity index (χ1v) is 16.4. The van der Waals surface area contributed by atoms with E-state index in [1.165, 1.54) is 0 Å². The summed E-state index contributed by atoms with van der Waals surface area (Å²) in [7, 11) is -6.62. The molecule has 2 fully saturated rings. The lowest BCUT2D eigenvalue weighted by molar-refractivity contribution is -0.0690. The Labute approximate surface area is 229 Å². The van der Waals surface area contributed by atoms with Crippen molar-refractivity contribution in [2.75, 3.05) is 26.4 Å². The van der Waals surface area contributed by atoms with E-state index in [-0.39, 0.29) is 38.8 Å². The number of hydrogen-bond acceptors (Lipinski definition) is 6. The standard InChI is InChI=1S/C31H30O6P2/c32-38(19-25-11-15-29(16-12-25)27-7-3-1-4-8-27)34-21-31(22-35-38)23-36-39(33,37-24-31)20-26-13-17-30(18-14-26)28-9-5-2-6-10-28/h1-18H,19-24H2. The minimum Gasteiger partial charge on any atom is -0.307 e. The van der Waals surface area contributed by atoms with Crippen LogP contribution in [0.4, 0.5) is 0 Å². The van der Waals surface area contributed by atoms with Gasteiger partial charge in [-0.3, -0.25) is 9.13 Å². The van der Waals surface area contributed by atoms with Crippen molar-refractivity contribution in [2.45, 2.75) is 12.3 Å². The Balaban J connectivity index is 1.02. The van der Waals surface area contributed by atoms with Crippen LogP contribution < -0.4 is 0 Å². The summed E-state index contributed by atoms with van der Waals surface area (Å²) in [6, 6.07) is 36.1. The maximum Gasteiger partial charge on any atom is 0.335 e. The van der Waals surface area contributed by atoms with Crippen LogP contribution in [0.2, 0.25) is 0 Å². The average Bonchev–Trinajstić information content (AvgIpc) is 2.98. The summed E-state index contributed by atoms with van der Waals surface area (Å²) in [5.41, 5.74) is 5.57. The summed E-state index contributed by atoms with van der Waals surface area (Å²) in [6.07, 6.45) is 0.384. The normalized spacial score (nSPS) is 26.9. The minimum atomic E-state index is -3.31. The van der Waals surface area contributed by atoms with E-state index in [9.17, 15) is 9.13 Å². The lowest BCUT2D eigenvalue weighted by Crippen LogP contribution is -2.45. The summed E-state index contributed by atoms with van der Waals surface area (Å²) in [4.78, 5) is 0. The molecule has 1 spiro atoms. The number of hydrogen-bond donors (Lipinski definition) is 0. The summed E-state index contributed by atoms with van der Waals surface area (Å²) in [6.45, 7) is 0.659. The lowest BCUT2D eigenvalue weighted by Gasteiger charge is -2.42. The quantitative estimate of drug-likeness (QED) is 0.222. The fourth-order valence-corrected chi connectivity index (χ4v) is 8.47. The fraction of sp³-hybridized carbons (Fsp3) is 0.226. The SMILES string of the molecule is O=P1(Cc2ccc(-c3ccccc3)cc2)OCC2(CO1)COP(=O)(Cc1ccc(-c3ccccc3)cc1)OC2. The summed E-state index contributed by atoms with van der Waals surface area (Å²) >= 11 is 0. The van der Waals surface area contributed by atoms with Crippen LogP contribution in [-0.4, -0.2) is 26.4 Å². The van der Waals surface area contributed by atoms with Crippen LogP contribution in [0.3, 0.4) is 0 Å². The Morgan fingerprint density at radius 3 is 1.10 bits per heavy atom. The molecule has 0 saturated carbocycles. The Kier molecular flexibility index (Phi) is 7.43. The van der Waals surface area contributed by atoms with Gasteiger partial charge in [-0.2, -0.15) is 0 Å². The highest BCUT2D eigenvalue weighted by Gasteiger charge is 2.48. The van der Waals surface area contributed by atoms with E-state index in [1.54, 1.807) is 0 Å². The largest absolute Gasteiger partial charge is 0.335 e. The molecule has 2 aliphatic heterocycles. The van der Waals surface area contributed by atoms with Crippen molar-refractivity contribution in [2.24, 2.45) is 5.41 Å². The Morgan fingerprint density at radius 1 is 0.462 bits per heavy atom. The first kappa shape index (κ1) is 26.4. The van der Waals surface area contributed by atoms with Crippen molar-refractivity contribution in [3.05, 3.63) is 120 Å². The Morgan fingerprint density at radius 2 is 0.769 bits per heavy atom. The molecular weight excluding hydrogens is 530 g/mol. The Hall–Kier alpha value is -2.82. The van der Waals surface area contributed by atoms with Crippen molar-refractivity contribution in [3.8, 4) is 22.3 Å². The third-order valence-corrected chi connectivity index (χ3v) is 10.7. The molecule has 0 amide bonds. The van der Waals surface area contributed by atoms with Crippen LogP contribution >= 0.6 is 15.2 Å². The molecule has 0 atom stereocenters. The number of benzene rings is 4. The van der Waals surface area contributed by atoms with Crippen molar-refractivity contribution in [1.29, 1.82) is 0 Å². The molecule has 6 nitrogen and oxygen atoms in total. The second-order valence-electron chi connectivity index (χ2n) is 10.3. The Bertz CT molecular complexity index is 1360. The molecule has 0 aliphatic carbocycles. The van der Waals surface area contributed by atoms with E-state index in [4.69, 9.17) is 18.1 Å². The lowest BCUT2D eigenvalue weighted by atomic mass is 9.93. The van der Waals surface area contributed by atoms with Crippen LogP contribution in [-0.2, 0) is 39.5 Å². The van der Waals surface area contributed by atoms with E-state index >= 15 is 0 Å². The van der Waals surface area contributed by atoms with Gasteiger partial charge in [-0.15, -0.1) is 0 Å². The highest BCUT2D eigenvalue weighted by molar-refractivity contribution is 7.53. The van der Waals surface area contributed by atoms with Crippen molar-refractivity contribution in [1.82, 2.24) is 0 Å². The molecule has 6 rings (SSSR count). The predicted octanol–water partition coefficient (Wildman–Crippen LogP) is 8.19. The molecule has 39 heavy (non-hydrogen) atoms. The maximum atomic E-state index is 13.3. The highest BCUT2D eigenvalue weighted by Crippen LogP contribution is 2.61. The van der Waals surface area contributed by atoms with E-state index in [0.717, 1.165) is 33.4 Å². The van der Waals surface area contributed by atoms with Gasteiger partial charge in [0.15, 0.2) is 0 Å². The van der Waals surface area contributed by atoms with E-state index < -0.39 is 20.6 Å². The van der Waals surface area contributed by atoms with Crippen LogP contribution in [0.25, 0.3) is 22.3 Å². The zero-order valence-corrected chi connectivity index (χ0v) is 23.3. The summed E-state index contributed by atoms with van der Waals surface area (Å²) in [5, 5.41) is 0. The summed E-state index contributed by atoms with van der Waals surface area (Å²) < 4.78 is 49.8. The summed E-state index contributed by atoms with van der Waals surface area (Å²) in [5.74, 6) is 0. The van der Waals surface area contributed by atoms with Gasteiger partial charge in [-0.05, 0) is 33.4 Å². The van der Waals surface area contributed by atoms with Gasteiger partial charge in [0, 0.05) is 0 Å². The van der Waals surface area contributed by atoms with E-state index in [1.807, 2.05) is 84.9 Å². The third-order valence-electron chi connectivity index (χ3n) is 7.14. The van der Waals surface area contributed by atoms with Gasteiger partial charge in [0.2, 0.25) is 0 Å². The van der Waals surface area contributed by atoms with Crippen LogP contribution in [0.15, 0.2) is 109 Å². The molecule has 4 aromatic carbocycles. The molecule has 0 aromatic heterocycles. The molecule has 2 heterocycles. The molecule has 0 unspecified atom stereocenters. The zero-order chi connectivity index (χ0) is 26.8. The monoisotopic (exact) mass is 560 g/mol. The minimum absolute atomic E-state index is 0.165. The van der Waals surface area contributed by atoms with Crippen LogP contribution in [0, 0.1) is 5.41 Å². The molecule has 4 aromatic rings. The first-order chi connectivity index (χ1) is 18.9. The number of rotatable bonds is 6. The smallest absolute Gasteiger partial charge is 0.307 e. The second kappa shape index (κ2) is 11.0. The average molecular weight is 561 g/mol. The van der Waals surface area contributed by atoms with E-state index in [2.05, 4.69) is 24.3 Å². The van der Waals surface area contributed by atoms with Gasteiger partial charge < -0.3 is 18.1 Å². The first-order valence-electron chi connectivity index (χ1n) is 13.0. The zero-order valence-electron chi connectivity index (χ0n) is 21.5. The molecule has 8 heteroatoms. The van der Waals surface area contributed by atoms with Crippen LogP contribution in [0.5, 0.6) is 0 Å². The van der Waals surface area contributed by atoms with Gasteiger partial charge in [0.25, 0.3) is 0 Å². The topological polar surface area (TPSA) is 71.1 Å². The molecule has 0 radical (unpaired) electrons. The second-order valence-corrected chi connectivity index (χ2v) is 14.4. The van der Waals surface area contributed by atoms with E-state index in [0.29, 0.717) is 0 Å². The molecule has 2 aliphatic rings. The van der Waals surface area contributed by atoms with Gasteiger partial charge in [0.05, 0.1) is 44.2 Å². The molecule has 0 N–H and O–H groups in total. The predicted molar refractivity (Wildman–Crippen MR) is 153 cm³/mol. The van der Waals surface area contributed by atoms with Crippen molar-refractivity contribution < 1.29 is 27.2 Å². The van der Waals surface area contributed by atoms with Crippen molar-refractivity contribution >= 4 is 15.2 Å². The van der Waals surface area contributed by atoms with Gasteiger partial charge in [-0.25, -0.2) is 0 Å². The fourth-order valence-electron chi connectivity index (χ4n) is 4.76. The molecule has 2 saturated heterocycles. The van der Waals surface area contributed by atoms with Gasteiger partial charge in [0.1, 0.15) is 0 Å². The maximum absolute atomic E-state index is 13.3. The molecular formula is C31H30O6P2. The highest BCUT2D eigenvalue weighted by atomic mass is 31.2. The van der Waals surface area contributed by atoms with Crippen LogP contribution in [0.1, 0.15) is 11.1 Å².